The van der Waals surface area contributed by atoms with E-state index in [-0.39, 0.29) is 16.6 Å². The SMILES string of the molecule is Cc1cc(C)cc(N2C(=O)C(Cl)=C(Nc3cccc(C(=O)Nc4nc(C)c(C)s4)c3)C2=O)c1. The number of aryl methyl sites for hydroxylation is 4. The number of carbonyl (C=O) groups is 3. The van der Waals surface area contributed by atoms with Crippen LogP contribution in [0, 0.1) is 27.7 Å². The molecule has 0 bridgehead atoms. The second-order valence-corrected chi connectivity index (χ2v) is 9.38. The van der Waals surface area contributed by atoms with E-state index in [1.807, 2.05) is 33.8 Å². The topological polar surface area (TPSA) is 91.4 Å². The largest absolute Gasteiger partial charge is 0.350 e. The van der Waals surface area contributed by atoms with Crippen molar-refractivity contribution in [2.24, 2.45) is 0 Å². The van der Waals surface area contributed by atoms with E-state index in [9.17, 15) is 14.4 Å². The molecule has 9 heteroatoms. The lowest BCUT2D eigenvalue weighted by Crippen LogP contribution is -2.32. The van der Waals surface area contributed by atoms with E-state index in [1.54, 1.807) is 36.4 Å². The molecule has 2 heterocycles. The van der Waals surface area contributed by atoms with Crippen molar-refractivity contribution in [1.82, 2.24) is 4.98 Å². The first-order valence-electron chi connectivity index (χ1n) is 10.1. The first kappa shape index (κ1) is 22.7. The van der Waals surface area contributed by atoms with Gasteiger partial charge in [0.1, 0.15) is 10.7 Å². The maximum atomic E-state index is 13.1. The maximum Gasteiger partial charge on any atom is 0.283 e. The molecule has 0 saturated carbocycles. The van der Waals surface area contributed by atoms with Gasteiger partial charge in [0.15, 0.2) is 5.13 Å². The first-order valence-corrected chi connectivity index (χ1v) is 11.3. The molecule has 0 saturated heterocycles. The van der Waals surface area contributed by atoms with Crippen LogP contribution in [-0.4, -0.2) is 22.7 Å². The van der Waals surface area contributed by atoms with Gasteiger partial charge in [0.25, 0.3) is 17.7 Å². The molecule has 1 aromatic heterocycles. The Morgan fingerprint density at radius 3 is 2.33 bits per heavy atom. The van der Waals surface area contributed by atoms with Crippen LogP contribution in [0.5, 0.6) is 0 Å². The molecule has 2 N–H and O–H groups in total. The highest BCUT2D eigenvalue weighted by atomic mass is 35.5. The Hall–Kier alpha value is -3.49. The Morgan fingerprint density at radius 2 is 1.70 bits per heavy atom. The summed E-state index contributed by atoms with van der Waals surface area (Å²) in [6.07, 6.45) is 0. The molecule has 0 atom stereocenters. The van der Waals surface area contributed by atoms with Gasteiger partial charge >= 0.3 is 0 Å². The molecule has 2 aromatic carbocycles. The smallest absolute Gasteiger partial charge is 0.283 e. The summed E-state index contributed by atoms with van der Waals surface area (Å²) >= 11 is 7.64. The first-order chi connectivity index (χ1) is 15.6. The minimum absolute atomic E-state index is 0.0374. The maximum absolute atomic E-state index is 13.1. The minimum Gasteiger partial charge on any atom is -0.350 e. The molecule has 3 aromatic rings. The van der Waals surface area contributed by atoms with Crippen molar-refractivity contribution in [2.45, 2.75) is 27.7 Å². The molecule has 3 amide bonds. The van der Waals surface area contributed by atoms with Gasteiger partial charge in [0.05, 0.1) is 11.4 Å². The van der Waals surface area contributed by atoms with Crippen LogP contribution >= 0.6 is 22.9 Å². The van der Waals surface area contributed by atoms with Crippen molar-refractivity contribution in [1.29, 1.82) is 0 Å². The second kappa shape index (κ2) is 8.80. The van der Waals surface area contributed by atoms with Gasteiger partial charge in [0, 0.05) is 16.1 Å². The third-order valence-corrected chi connectivity index (χ3v) is 6.47. The molecular weight excluding hydrogens is 460 g/mol. The van der Waals surface area contributed by atoms with Gasteiger partial charge in [-0.25, -0.2) is 9.88 Å². The number of nitrogens with one attached hydrogen (secondary N) is 2. The van der Waals surface area contributed by atoms with E-state index in [1.165, 1.54) is 11.3 Å². The quantitative estimate of drug-likeness (QED) is 0.498. The molecule has 1 aliphatic rings. The summed E-state index contributed by atoms with van der Waals surface area (Å²) in [7, 11) is 0. The zero-order chi connectivity index (χ0) is 23.9. The van der Waals surface area contributed by atoms with Crippen LogP contribution in [0.15, 0.2) is 53.2 Å². The summed E-state index contributed by atoms with van der Waals surface area (Å²) < 4.78 is 0. The number of thiazole rings is 1. The molecule has 4 rings (SSSR count). The molecule has 168 valence electrons. The van der Waals surface area contributed by atoms with Crippen LogP contribution in [0.4, 0.5) is 16.5 Å². The fourth-order valence-corrected chi connectivity index (χ4v) is 4.53. The highest BCUT2D eigenvalue weighted by Crippen LogP contribution is 2.31. The van der Waals surface area contributed by atoms with Gasteiger partial charge in [-0.1, -0.05) is 23.7 Å². The molecule has 7 nitrogen and oxygen atoms in total. The van der Waals surface area contributed by atoms with Crippen LogP contribution in [-0.2, 0) is 9.59 Å². The molecule has 1 aliphatic heterocycles. The molecule has 33 heavy (non-hydrogen) atoms. The van der Waals surface area contributed by atoms with Crippen LogP contribution in [0.3, 0.4) is 0 Å². The van der Waals surface area contributed by atoms with Crippen molar-refractivity contribution in [3.05, 3.63) is 80.5 Å². The average Bonchev–Trinajstić information content (AvgIpc) is 3.17. The van der Waals surface area contributed by atoms with Gasteiger partial charge in [0.2, 0.25) is 0 Å². The number of imide groups is 1. The average molecular weight is 481 g/mol. The fourth-order valence-electron chi connectivity index (χ4n) is 3.50. The Morgan fingerprint density at radius 1 is 1.00 bits per heavy atom. The summed E-state index contributed by atoms with van der Waals surface area (Å²) in [5.74, 6) is -1.49. The number of anilines is 3. The Kier molecular flexibility index (Phi) is 6.05. The van der Waals surface area contributed by atoms with Gasteiger partial charge in [-0.05, 0) is 69.2 Å². The number of nitrogens with zero attached hydrogens (tertiary/aromatic N) is 2. The number of hydrogen-bond donors (Lipinski definition) is 2. The highest BCUT2D eigenvalue weighted by molar-refractivity contribution is 7.15. The third-order valence-electron chi connectivity index (χ3n) is 5.14. The van der Waals surface area contributed by atoms with Crippen molar-refractivity contribution in [3.8, 4) is 0 Å². The number of hydrogen-bond acceptors (Lipinski definition) is 6. The molecule has 0 radical (unpaired) electrons. The van der Waals surface area contributed by atoms with E-state index < -0.39 is 11.8 Å². The van der Waals surface area contributed by atoms with E-state index in [0.717, 1.165) is 26.6 Å². The minimum atomic E-state index is -0.599. The Balaban J connectivity index is 1.55. The zero-order valence-corrected chi connectivity index (χ0v) is 20.0. The number of rotatable bonds is 5. The van der Waals surface area contributed by atoms with E-state index in [4.69, 9.17) is 11.6 Å². The predicted octanol–water partition coefficient (Wildman–Crippen LogP) is 5.06. The lowest BCUT2D eigenvalue weighted by atomic mass is 10.1. The lowest BCUT2D eigenvalue weighted by molar-refractivity contribution is -0.120. The molecule has 0 fully saturated rings. The Labute approximate surface area is 200 Å². The Bertz CT molecular complexity index is 1310. The number of carbonyl (C=O) groups excluding carboxylic acids is 3. The predicted molar refractivity (Wildman–Crippen MR) is 131 cm³/mol. The normalized spacial score (nSPS) is 13.7. The molecule has 0 unspecified atom stereocenters. The number of benzene rings is 2. The second-order valence-electron chi connectivity index (χ2n) is 7.80. The standard InChI is InChI=1S/C24H21ClN4O3S/c1-12-8-13(2)10-18(9-12)29-22(31)19(25)20(23(29)32)27-17-7-5-6-16(11-17)21(30)28-24-26-14(3)15(4)33-24/h5-11,27H,1-4H3,(H,26,28,30). The van der Waals surface area contributed by atoms with Gasteiger partial charge in [-0.3, -0.25) is 19.7 Å². The zero-order valence-electron chi connectivity index (χ0n) is 18.4. The van der Waals surface area contributed by atoms with Crippen LogP contribution in [0.25, 0.3) is 0 Å². The monoisotopic (exact) mass is 480 g/mol. The van der Waals surface area contributed by atoms with Crippen molar-refractivity contribution >= 4 is 57.2 Å². The van der Waals surface area contributed by atoms with Crippen molar-refractivity contribution < 1.29 is 14.4 Å². The van der Waals surface area contributed by atoms with Gasteiger partial charge in [-0.2, -0.15) is 0 Å². The molecular formula is C24H21ClN4O3S. The third kappa shape index (κ3) is 4.53. The van der Waals surface area contributed by atoms with E-state index in [2.05, 4.69) is 15.6 Å². The molecule has 0 aliphatic carbocycles. The molecule has 0 spiro atoms. The number of amides is 3. The number of halogens is 1. The van der Waals surface area contributed by atoms with Gasteiger partial charge < -0.3 is 5.32 Å². The summed E-state index contributed by atoms with van der Waals surface area (Å²) in [5.41, 5.74) is 3.95. The summed E-state index contributed by atoms with van der Waals surface area (Å²) in [5, 5.41) is 6.00. The summed E-state index contributed by atoms with van der Waals surface area (Å²) in [4.78, 5) is 44.9. The van der Waals surface area contributed by atoms with Crippen molar-refractivity contribution in [3.63, 3.8) is 0 Å². The number of aromatic nitrogens is 1. The van der Waals surface area contributed by atoms with E-state index >= 15 is 0 Å². The van der Waals surface area contributed by atoms with Crippen LogP contribution in [0.1, 0.15) is 32.1 Å². The van der Waals surface area contributed by atoms with E-state index in [0.29, 0.717) is 22.1 Å². The van der Waals surface area contributed by atoms with Crippen LogP contribution in [0.2, 0.25) is 0 Å². The highest BCUT2D eigenvalue weighted by Gasteiger charge is 2.39. The summed E-state index contributed by atoms with van der Waals surface area (Å²) in [6.45, 7) is 7.60. The van der Waals surface area contributed by atoms with Gasteiger partial charge in [-0.15, -0.1) is 11.3 Å². The fraction of sp³-hybridized carbons (Fsp3) is 0.167. The lowest BCUT2D eigenvalue weighted by Gasteiger charge is -2.16. The van der Waals surface area contributed by atoms with Crippen molar-refractivity contribution in [2.75, 3.05) is 15.5 Å². The summed E-state index contributed by atoms with van der Waals surface area (Å²) in [6, 6.07) is 12.0. The van der Waals surface area contributed by atoms with Crippen LogP contribution < -0.4 is 15.5 Å².